The van der Waals surface area contributed by atoms with Crippen molar-refractivity contribution >= 4 is 5.78 Å². The van der Waals surface area contributed by atoms with Gasteiger partial charge < -0.3 is 14.9 Å². The summed E-state index contributed by atoms with van der Waals surface area (Å²) in [5, 5.41) is 19.5. The van der Waals surface area contributed by atoms with Gasteiger partial charge in [-0.2, -0.15) is 0 Å². The van der Waals surface area contributed by atoms with E-state index in [1.165, 1.54) is 18.4 Å². The van der Waals surface area contributed by atoms with Gasteiger partial charge in [-0.05, 0) is 85.1 Å². The molecule has 2 N–H and O–H groups in total. The smallest absolute Gasteiger partial charge is 0.161 e. The van der Waals surface area contributed by atoms with Gasteiger partial charge in [0.1, 0.15) is 5.75 Å². The van der Waals surface area contributed by atoms with Crippen LogP contribution in [0.4, 0.5) is 0 Å². The molecule has 0 saturated heterocycles. The molecule has 1 atom stereocenters. The fraction of sp³-hybridized carbons (Fsp3) is 0.344. The highest BCUT2D eigenvalue weighted by molar-refractivity contribution is 5.89. The zero-order chi connectivity index (χ0) is 25.6. The molecule has 0 saturated carbocycles. The molecular weight excluding hydrogens is 448 g/mol. The number of rotatable bonds is 15. The maximum absolute atomic E-state index is 12.3. The number of allylic oxidation sites excluding steroid dienone is 2. The highest BCUT2D eigenvalue weighted by Gasteiger charge is 2.07. The van der Waals surface area contributed by atoms with Crippen LogP contribution in [0.25, 0.3) is 0 Å². The van der Waals surface area contributed by atoms with Crippen molar-refractivity contribution < 1.29 is 19.7 Å². The average Bonchev–Trinajstić information content (AvgIpc) is 2.89. The normalized spacial score (nSPS) is 12.0. The van der Waals surface area contributed by atoms with Gasteiger partial charge in [-0.3, -0.25) is 4.79 Å². The SMILES string of the molecule is C[C@H](CCCC=CC(=O)CCc1ccc(O)c(OCCc2ccc(O)cc2)c1)CCc1ccccc1. The maximum atomic E-state index is 12.3. The Bertz CT molecular complexity index is 1090. The van der Waals surface area contributed by atoms with Crippen LogP contribution in [0, 0.1) is 5.92 Å². The Morgan fingerprint density at radius 1 is 0.861 bits per heavy atom. The molecule has 0 heterocycles. The first-order chi connectivity index (χ1) is 17.5. The first-order valence-electron chi connectivity index (χ1n) is 13.0. The van der Waals surface area contributed by atoms with Gasteiger partial charge >= 0.3 is 0 Å². The maximum Gasteiger partial charge on any atom is 0.161 e. The number of hydrogen-bond acceptors (Lipinski definition) is 4. The summed E-state index contributed by atoms with van der Waals surface area (Å²) in [6.07, 6.45) is 10.9. The zero-order valence-electron chi connectivity index (χ0n) is 21.2. The molecule has 0 spiro atoms. The van der Waals surface area contributed by atoms with Crippen molar-refractivity contribution in [3.63, 3.8) is 0 Å². The van der Waals surface area contributed by atoms with Crippen molar-refractivity contribution in [1.82, 2.24) is 0 Å². The van der Waals surface area contributed by atoms with Crippen molar-refractivity contribution in [3.8, 4) is 17.2 Å². The number of carbonyl (C=O) groups is 1. The number of ether oxygens (including phenoxy) is 1. The molecule has 4 heteroatoms. The third-order valence-corrected chi connectivity index (χ3v) is 6.41. The third-order valence-electron chi connectivity index (χ3n) is 6.41. The number of aromatic hydroxyl groups is 2. The second kappa shape index (κ2) is 14.8. The lowest BCUT2D eigenvalue weighted by Crippen LogP contribution is -2.02. The van der Waals surface area contributed by atoms with Crippen LogP contribution in [0.1, 0.15) is 55.7 Å². The fourth-order valence-electron chi connectivity index (χ4n) is 4.12. The Labute approximate surface area is 215 Å². The van der Waals surface area contributed by atoms with Crippen molar-refractivity contribution in [1.29, 1.82) is 0 Å². The van der Waals surface area contributed by atoms with Gasteiger partial charge in [0.2, 0.25) is 0 Å². The van der Waals surface area contributed by atoms with Gasteiger partial charge in [-0.25, -0.2) is 0 Å². The Balaban J connectivity index is 1.32. The number of carbonyl (C=O) groups excluding carboxylic acids is 1. The molecule has 0 bridgehead atoms. The quantitative estimate of drug-likeness (QED) is 0.176. The Morgan fingerprint density at radius 2 is 1.58 bits per heavy atom. The number of ketones is 1. The highest BCUT2D eigenvalue weighted by Crippen LogP contribution is 2.27. The van der Waals surface area contributed by atoms with E-state index in [9.17, 15) is 15.0 Å². The summed E-state index contributed by atoms with van der Waals surface area (Å²) >= 11 is 0. The van der Waals surface area contributed by atoms with Crippen LogP contribution in [0.15, 0.2) is 84.9 Å². The molecule has 0 aromatic heterocycles. The molecule has 0 unspecified atom stereocenters. The van der Waals surface area contributed by atoms with E-state index in [1.807, 2.05) is 24.3 Å². The lowest BCUT2D eigenvalue weighted by molar-refractivity contribution is -0.114. The molecular formula is C32H38O4. The molecule has 0 amide bonds. The van der Waals surface area contributed by atoms with E-state index in [1.54, 1.807) is 30.3 Å². The summed E-state index contributed by atoms with van der Waals surface area (Å²) in [7, 11) is 0. The van der Waals surface area contributed by atoms with Gasteiger partial charge in [0.15, 0.2) is 17.3 Å². The predicted octanol–water partition coefficient (Wildman–Crippen LogP) is 7.22. The number of aryl methyl sites for hydroxylation is 2. The molecule has 0 aliphatic carbocycles. The van der Waals surface area contributed by atoms with Crippen LogP contribution < -0.4 is 4.74 Å². The van der Waals surface area contributed by atoms with Gasteiger partial charge in [-0.1, -0.05) is 68.0 Å². The van der Waals surface area contributed by atoms with E-state index < -0.39 is 0 Å². The molecule has 0 aliphatic heterocycles. The summed E-state index contributed by atoms with van der Waals surface area (Å²) in [6.45, 7) is 2.72. The minimum Gasteiger partial charge on any atom is -0.508 e. The van der Waals surface area contributed by atoms with Crippen molar-refractivity contribution in [2.45, 2.75) is 58.3 Å². The molecule has 0 radical (unpaired) electrons. The number of unbranched alkanes of at least 4 members (excludes halogenated alkanes) is 1. The zero-order valence-corrected chi connectivity index (χ0v) is 21.2. The van der Waals surface area contributed by atoms with Crippen LogP contribution in [0.2, 0.25) is 0 Å². The van der Waals surface area contributed by atoms with Crippen molar-refractivity contribution in [2.24, 2.45) is 5.92 Å². The van der Waals surface area contributed by atoms with Gasteiger partial charge in [-0.15, -0.1) is 0 Å². The van der Waals surface area contributed by atoms with E-state index >= 15 is 0 Å². The topological polar surface area (TPSA) is 66.8 Å². The van der Waals surface area contributed by atoms with E-state index in [2.05, 4.69) is 37.3 Å². The Hall–Kier alpha value is -3.53. The predicted molar refractivity (Wildman–Crippen MR) is 146 cm³/mol. The van der Waals surface area contributed by atoms with Crippen molar-refractivity contribution in [2.75, 3.05) is 6.61 Å². The summed E-state index contributed by atoms with van der Waals surface area (Å²) in [5.74, 6) is 1.55. The van der Waals surface area contributed by atoms with Gasteiger partial charge in [0.25, 0.3) is 0 Å². The Morgan fingerprint density at radius 3 is 2.36 bits per heavy atom. The lowest BCUT2D eigenvalue weighted by atomic mass is 9.96. The molecule has 0 fully saturated rings. The van der Waals surface area contributed by atoms with Crippen LogP contribution >= 0.6 is 0 Å². The van der Waals surface area contributed by atoms with E-state index in [0.717, 1.165) is 30.4 Å². The van der Waals surface area contributed by atoms with Crippen LogP contribution in [-0.4, -0.2) is 22.6 Å². The van der Waals surface area contributed by atoms with E-state index in [4.69, 9.17) is 4.74 Å². The lowest BCUT2D eigenvalue weighted by Gasteiger charge is -2.10. The summed E-state index contributed by atoms with van der Waals surface area (Å²) < 4.78 is 5.76. The standard InChI is InChI=1S/C32H38O4/c1-25(12-13-26-9-5-3-6-10-26)8-4-2-7-11-29(33)20-16-28-17-21-31(35)32(24-28)36-23-22-27-14-18-30(34)19-15-27/h3,5-7,9-11,14-15,17-19,21,24-25,34-35H,2,4,8,12-13,16,20,22-23H2,1H3/t25-/m1/s1. The number of phenolic OH excluding ortho intramolecular Hbond substituents is 2. The third kappa shape index (κ3) is 9.99. The molecule has 190 valence electrons. The molecule has 0 aliphatic rings. The second-order valence-electron chi connectivity index (χ2n) is 9.50. The minimum atomic E-state index is 0.0914. The van der Waals surface area contributed by atoms with Gasteiger partial charge in [0.05, 0.1) is 6.61 Å². The average molecular weight is 487 g/mol. The Kier molecular flexibility index (Phi) is 11.1. The van der Waals surface area contributed by atoms with Crippen LogP contribution in [0.5, 0.6) is 17.2 Å². The number of phenols is 2. The van der Waals surface area contributed by atoms with Crippen LogP contribution in [-0.2, 0) is 24.1 Å². The van der Waals surface area contributed by atoms with Crippen molar-refractivity contribution in [3.05, 3.63) is 102 Å². The van der Waals surface area contributed by atoms with Crippen LogP contribution in [0.3, 0.4) is 0 Å². The summed E-state index contributed by atoms with van der Waals surface area (Å²) in [5.41, 5.74) is 3.40. The van der Waals surface area contributed by atoms with E-state index in [0.29, 0.717) is 37.5 Å². The number of hydrogen-bond donors (Lipinski definition) is 2. The summed E-state index contributed by atoms with van der Waals surface area (Å²) in [6, 6.07) is 22.9. The van der Waals surface area contributed by atoms with Gasteiger partial charge in [0, 0.05) is 12.8 Å². The minimum absolute atomic E-state index is 0.0914. The molecule has 3 aromatic carbocycles. The first kappa shape index (κ1) is 27.1. The molecule has 4 nitrogen and oxygen atoms in total. The molecule has 3 aromatic rings. The summed E-state index contributed by atoms with van der Waals surface area (Å²) in [4.78, 5) is 12.3. The first-order valence-corrected chi connectivity index (χ1v) is 13.0. The largest absolute Gasteiger partial charge is 0.508 e. The number of benzene rings is 3. The monoisotopic (exact) mass is 486 g/mol. The molecule has 3 rings (SSSR count). The van der Waals surface area contributed by atoms with E-state index in [-0.39, 0.29) is 17.3 Å². The highest BCUT2D eigenvalue weighted by atomic mass is 16.5. The second-order valence-corrected chi connectivity index (χ2v) is 9.50. The molecule has 36 heavy (non-hydrogen) atoms. The fourth-order valence-corrected chi connectivity index (χ4v) is 4.12.